The number of benzene rings is 1. The summed E-state index contributed by atoms with van der Waals surface area (Å²) in [6.07, 6.45) is 2.79. The Bertz CT molecular complexity index is 554. The van der Waals surface area contributed by atoms with Crippen LogP contribution in [0.1, 0.15) is 25.8 Å². The number of rotatable bonds is 4. The summed E-state index contributed by atoms with van der Waals surface area (Å²) >= 11 is 6.23. The van der Waals surface area contributed by atoms with E-state index in [9.17, 15) is 5.11 Å². The van der Waals surface area contributed by atoms with Gasteiger partial charge in [0.1, 0.15) is 11.6 Å². The molecule has 3 N–H and O–H groups in total. The number of aromatic hydroxyl groups is 1. The van der Waals surface area contributed by atoms with Crippen LogP contribution in [0.15, 0.2) is 29.4 Å². The highest BCUT2D eigenvalue weighted by molar-refractivity contribution is 6.32. The van der Waals surface area contributed by atoms with Crippen molar-refractivity contribution in [2.45, 2.75) is 26.3 Å². The molecule has 0 saturated carbocycles. The fraction of sp³-hybridized carbons (Fsp3) is 0.400. The van der Waals surface area contributed by atoms with Gasteiger partial charge in [0.15, 0.2) is 0 Å². The maximum absolute atomic E-state index is 9.46. The van der Waals surface area contributed by atoms with Crippen molar-refractivity contribution in [1.29, 1.82) is 0 Å². The molecule has 1 aliphatic rings. The number of nitrogens with two attached hydrogens (primary N) is 1. The molecule has 1 atom stereocenters. The van der Waals surface area contributed by atoms with Crippen LogP contribution in [0, 0.1) is 0 Å². The molecule has 0 aliphatic carbocycles. The Morgan fingerprint density at radius 2 is 2.35 bits per heavy atom. The molecule has 0 spiro atoms. The van der Waals surface area contributed by atoms with Gasteiger partial charge in [-0.3, -0.25) is 4.99 Å². The smallest absolute Gasteiger partial charge is 0.117 e. The van der Waals surface area contributed by atoms with Crippen molar-refractivity contribution in [2.24, 2.45) is 10.7 Å². The van der Waals surface area contributed by atoms with Crippen molar-refractivity contribution in [1.82, 2.24) is 4.90 Å². The third kappa shape index (κ3) is 3.14. The summed E-state index contributed by atoms with van der Waals surface area (Å²) in [5.41, 5.74) is 7.67. The van der Waals surface area contributed by atoms with Gasteiger partial charge in [0.05, 0.1) is 17.6 Å². The van der Waals surface area contributed by atoms with Crippen molar-refractivity contribution >= 4 is 23.0 Å². The molecule has 108 valence electrons. The van der Waals surface area contributed by atoms with Crippen LogP contribution in [0.2, 0.25) is 5.02 Å². The average Bonchev–Trinajstić information content (AvgIpc) is 2.70. The first-order chi connectivity index (χ1) is 9.52. The summed E-state index contributed by atoms with van der Waals surface area (Å²) in [4.78, 5) is 6.58. The molecular weight excluding hydrogens is 274 g/mol. The quantitative estimate of drug-likeness (QED) is 0.897. The molecule has 4 nitrogen and oxygen atoms in total. The van der Waals surface area contributed by atoms with E-state index < -0.39 is 0 Å². The van der Waals surface area contributed by atoms with Crippen LogP contribution in [-0.2, 0) is 0 Å². The summed E-state index contributed by atoms with van der Waals surface area (Å²) < 4.78 is 0. The second-order valence-corrected chi connectivity index (χ2v) is 5.41. The van der Waals surface area contributed by atoms with E-state index in [2.05, 4.69) is 23.0 Å². The summed E-state index contributed by atoms with van der Waals surface area (Å²) in [5.74, 6) is 1.17. The zero-order valence-corrected chi connectivity index (χ0v) is 12.6. The third-order valence-corrected chi connectivity index (χ3v) is 3.75. The Balaban J connectivity index is 2.38. The van der Waals surface area contributed by atoms with Gasteiger partial charge < -0.3 is 15.7 Å². The summed E-state index contributed by atoms with van der Waals surface area (Å²) in [6, 6.07) is 5.36. The lowest BCUT2D eigenvalue weighted by molar-refractivity contribution is 0.471. The van der Waals surface area contributed by atoms with E-state index >= 15 is 0 Å². The van der Waals surface area contributed by atoms with Gasteiger partial charge in [-0.15, -0.1) is 0 Å². The molecule has 1 heterocycles. The highest BCUT2D eigenvalue weighted by Crippen LogP contribution is 2.30. The lowest BCUT2D eigenvalue weighted by atomic mass is 10.0. The molecule has 0 bridgehead atoms. The van der Waals surface area contributed by atoms with Crippen LogP contribution in [-0.4, -0.2) is 35.0 Å². The second kappa shape index (κ2) is 6.29. The van der Waals surface area contributed by atoms with Gasteiger partial charge in [0.2, 0.25) is 0 Å². The standard InChI is InChI=1S/C15H20ClN3O/c1-10-8-18-11(2)19(10)9-12(5-6-17)14-4-3-13(20)7-15(14)16/h3-4,7,9-10,20H,5-6,8,17H2,1-2H3/b12-9+. The van der Waals surface area contributed by atoms with Crippen molar-refractivity contribution in [3.63, 3.8) is 0 Å². The van der Waals surface area contributed by atoms with Gasteiger partial charge in [-0.2, -0.15) is 0 Å². The summed E-state index contributed by atoms with van der Waals surface area (Å²) in [5, 5.41) is 9.99. The molecule has 0 fully saturated rings. The fourth-order valence-corrected chi connectivity index (χ4v) is 2.63. The van der Waals surface area contributed by atoms with Crippen molar-refractivity contribution in [2.75, 3.05) is 13.1 Å². The Hall–Kier alpha value is -1.52. The molecule has 0 amide bonds. The highest BCUT2D eigenvalue weighted by atomic mass is 35.5. The SMILES string of the molecule is CC1=NCC(C)N1/C=C(\CCN)c1ccc(O)cc1Cl. The molecule has 20 heavy (non-hydrogen) atoms. The maximum Gasteiger partial charge on any atom is 0.117 e. The first-order valence-electron chi connectivity index (χ1n) is 6.72. The number of aliphatic imine (C=N–C) groups is 1. The minimum absolute atomic E-state index is 0.165. The lowest BCUT2D eigenvalue weighted by Gasteiger charge is -2.22. The number of phenols is 1. The minimum Gasteiger partial charge on any atom is -0.508 e. The van der Waals surface area contributed by atoms with Crippen LogP contribution < -0.4 is 5.73 Å². The van der Waals surface area contributed by atoms with E-state index in [1.165, 1.54) is 0 Å². The summed E-state index contributed by atoms with van der Waals surface area (Å²) in [7, 11) is 0. The van der Waals surface area contributed by atoms with Gasteiger partial charge in [0, 0.05) is 6.20 Å². The van der Waals surface area contributed by atoms with E-state index in [4.69, 9.17) is 17.3 Å². The van der Waals surface area contributed by atoms with Gasteiger partial charge >= 0.3 is 0 Å². The molecule has 1 aliphatic heterocycles. The monoisotopic (exact) mass is 293 g/mol. The van der Waals surface area contributed by atoms with Crippen molar-refractivity contribution < 1.29 is 5.11 Å². The topological polar surface area (TPSA) is 61.8 Å². The van der Waals surface area contributed by atoms with Gasteiger partial charge in [-0.05, 0) is 56.1 Å². The van der Waals surface area contributed by atoms with E-state index in [0.29, 0.717) is 17.6 Å². The minimum atomic E-state index is 0.165. The van der Waals surface area contributed by atoms with Crippen molar-refractivity contribution in [3.8, 4) is 5.75 Å². The van der Waals surface area contributed by atoms with Crippen LogP contribution in [0.5, 0.6) is 5.75 Å². The van der Waals surface area contributed by atoms with Gasteiger partial charge in [-0.25, -0.2) is 0 Å². The molecular formula is C15H20ClN3O. The van der Waals surface area contributed by atoms with Crippen LogP contribution in [0.25, 0.3) is 5.57 Å². The molecule has 0 radical (unpaired) electrons. The number of nitrogens with zero attached hydrogens (tertiary/aromatic N) is 2. The number of hydrogen-bond acceptors (Lipinski definition) is 4. The molecule has 1 aromatic carbocycles. The maximum atomic E-state index is 9.46. The Morgan fingerprint density at radius 3 is 2.90 bits per heavy atom. The molecule has 5 heteroatoms. The Kier molecular flexibility index (Phi) is 4.68. The van der Waals surface area contributed by atoms with E-state index in [0.717, 1.165) is 29.9 Å². The van der Waals surface area contributed by atoms with Crippen molar-refractivity contribution in [3.05, 3.63) is 35.0 Å². The number of amidine groups is 1. The number of hydrogen-bond donors (Lipinski definition) is 2. The Morgan fingerprint density at radius 1 is 1.60 bits per heavy atom. The third-order valence-electron chi connectivity index (χ3n) is 3.44. The fourth-order valence-electron chi connectivity index (χ4n) is 2.33. The molecule has 1 unspecified atom stereocenters. The van der Waals surface area contributed by atoms with E-state index in [1.807, 2.05) is 13.0 Å². The highest BCUT2D eigenvalue weighted by Gasteiger charge is 2.20. The Labute approximate surface area is 124 Å². The van der Waals surface area contributed by atoms with Crippen LogP contribution in [0.3, 0.4) is 0 Å². The zero-order chi connectivity index (χ0) is 14.7. The first kappa shape index (κ1) is 14.9. The zero-order valence-electron chi connectivity index (χ0n) is 11.8. The van der Waals surface area contributed by atoms with E-state index in [1.54, 1.807) is 12.1 Å². The van der Waals surface area contributed by atoms with Crippen LogP contribution >= 0.6 is 11.6 Å². The summed E-state index contributed by atoms with van der Waals surface area (Å²) in [6.45, 7) is 5.48. The molecule has 0 saturated heterocycles. The molecule has 2 rings (SSSR count). The first-order valence-corrected chi connectivity index (χ1v) is 7.09. The predicted octanol–water partition coefficient (Wildman–Crippen LogP) is 2.86. The second-order valence-electron chi connectivity index (χ2n) is 5.00. The predicted molar refractivity (Wildman–Crippen MR) is 84.0 cm³/mol. The van der Waals surface area contributed by atoms with Gasteiger partial charge in [0.25, 0.3) is 0 Å². The largest absolute Gasteiger partial charge is 0.508 e. The molecule has 1 aromatic rings. The molecule has 0 aromatic heterocycles. The number of phenolic OH excluding ortho intramolecular Hbond substituents is 1. The van der Waals surface area contributed by atoms with Gasteiger partial charge in [-0.1, -0.05) is 11.6 Å². The van der Waals surface area contributed by atoms with E-state index in [-0.39, 0.29) is 5.75 Å². The normalized spacial score (nSPS) is 19.4. The van der Waals surface area contributed by atoms with Crippen LogP contribution in [0.4, 0.5) is 0 Å². The number of halogens is 1. The lowest BCUT2D eigenvalue weighted by Crippen LogP contribution is -2.28. The average molecular weight is 294 g/mol.